The van der Waals surface area contributed by atoms with Crippen LogP contribution in [0.1, 0.15) is 18.4 Å². The van der Waals surface area contributed by atoms with Crippen LogP contribution in [0, 0.1) is 0 Å². The van der Waals surface area contributed by atoms with Crippen molar-refractivity contribution in [3.05, 3.63) is 35.9 Å². The van der Waals surface area contributed by atoms with Crippen LogP contribution in [0.2, 0.25) is 0 Å². The number of benzene rings is 1. The maximum absolute atomic E-state index is 11.7. The number of hydrogen-bond donors (Lipinski definition) is 0. The van der Waals surface area contributed by atoms with Gasteiger partial charge in [-0.05, 0) is 18.4 Å². The molecule has 1 aromatic rings. The van der Waals surface area contributed by atoms with Gasteiger partial charge in [0, 0.05) is 25.2 Å². The predicted octanol–water partition coefficient (Wildman–Crippen LogP) is 1.85. The largest absolute Gasteiger partial charge is 0.447 e. The van der Waals surface area contributed by atoms with Crippen molar-refractivity contribution >= 4 is 6.09 Å². The van der Waals surface area contributed by atoms with Crippen molar-refractivity contribution in [3.63, 3.8) is 0 Å². The summed E-state index contributed by atoms with van der Waals surface area (Å²) in [4.78, 5) is 16.2. The molecule has 0 spiro atoms. The topological polar surface area (TPSA) is 32.8 Å². The summed E-state index contributed by atoms with van der Waals surface area (Å²) in [5.41, 5.74) is 1.36. The zero-order chi connectivity index (χ0) is 12.8. The summed E-state index contributed by atoms with van der Waals surface area (Å²) in [5, 5.41) is 0. The Morgan fingerprint density at radius 3 is 2.84 bits per heavy atom. The number of fused-ring (bicyclic) bond motifs is 4. The molecule has 100 valence electrons. The molecule has 0 N–H and O–H groups in total. The number of amides is 1. The Balaban J connectivity index is 1.57. The van der Waals surface area contributed by atoms with E-state index in [0.29, 0.717) is 18.7 Å². The zero-order valence-electron chi connectivity index (χ0n) is 10.9. The second-order valence-electron chi connectivity index (χ2n) is 5.75. The molecule has 4 heteroatoms. The molecule has 1 aromatic carbocycles. The fraction of sp³-hybridized carbons (Fsp3) is 0.533. The number of rotatable bonds is 2. The van der Waals surface area contributed by atoms with Crippen LogP contribution in [0.5, 0.6) is 0 Å². The minimum absolute atomic E-state index is 0.110. The molecule has 0 radical (unpaired) electrons. The van der Waals surface area contributed by atoms with Crippen LogP contribution in [0.3, 0.4) is 0 Å². The van der Waals surface area contributed by atoms with Gasteiger partial charge in [0.2, 0.25) is 0 Å². The molecule has 3 heterocycles. The Morgan fingerprint density at radius 2 is 2.00 bits per heavy atom. The van der Waals surface area contributed by atoms with Gasteiger partial charge in [0.25, 0.3) is 0 Å². The highest BCUT2D eigenvalue weighted by Crippen LogP contribution is 2.37. The van der Waals surface area contributed by atoms with Crippen LogP contribution < -0.4 is 0 Å². The Bertz CT molecular complexity index is 490. The molecule has 3 fully saturated rings. The Morgan fingerprint density at radius 1 is 1.16 bits per heavy atom. The first-order chi connectivity index (χ1) is 9.33. The lowest BCUT2D eigenvalue weighted by atomic mass is 10.0. The highest BCUT2D eigenvalue weighted by molar-refractivity contribution is 5.70. The van der Waals surface area contributed by atoms with Gasteiger partial charge in [0.1, 0.15) is 6.61 Å². The summed E-state index contributed by atoms with van der Waals surface area (Å²) in [6, 6.07) is 11.9. The monoisotopic (exact) mass is 258 g/mol. The number of nitrogens with zero attached hydrogens (tertiary/aromatic N) is 2. The van der Waals surface area contributed by atoms with Crippen molar-refractivity contribution in [3.8, 4) is 0 Å². The van der Waals surface area contributed by atoms with Gasteiger partial charge in [0.05, 0.1) is 6.04 Å². The third kappa shape index (κ3) is 1.74. The van der Waals surface area contributed by atoms with Crippen molar-refractivity contribution in [2.45, 2.75) is 37.5 Å². The third-order valence-corrected chi connectivity index (χ3v) is 4.76. The fourth-order valence-corrected chi connectivity index (χ4v) is 3.84. The highest BCUT2D eigenvalue weighted by Gasteiger charge is 2.51. The first-order valence-corrected chi connectivity index (χ1v) is 7.06. The van der Waals surface area contributed by atoms with Crippen LogP contribution in [0.4, 0.5) is 4.79 Å². The second kappa shape index (κ2) is 4.23. The molecule has 4 rings (SSSR count). The van der Waals surface area contributed by atoms with Crippen molar-refractivity contribution in [2.75, 3.05) is 13.2 Å². The summed E-state index contributed by atoms with van der Waals surface area (Å²) >= 11 is 0. The number of carbonyl (C=O) groups is 1. The van der Waals surface area contributed by atoms with E-state index in [1.807, 2.05) is 4.90 Å². The van der Waals surface area contributed by atoms with E-state index in [4.69, 9.17) is 4.74 Å². The van der Waals surface area contributed by atoms with E-state index < -0.39 is 0 Å². The number of carbonyl (C=O) groups excluding carboxylic acids is 1. The molecule has 3 saturated heterocycles. The average Bonchev–Trinajstić information content (AvgIpc) is 2.93. The van der Waals surface area contributed by atoms with E-state index >= 15 is 0 Å². The minimum Gasteiger partial charge on any atom is -0.447 e. The van der Waals surface area contributed by atoms with Gasteiger partial charge in [-0.2, -0.15) is 0 Å². The third-order valence-electron chi connectivity index (χ3n) is 4.76. The highest BCUT2D eigenvalue weighted by atomic mass is 16.6. The summed E-state index contributed by atoms with van der Waals surface area (Å²) in [7, 11) is 0. The van der Waals surface area contributed by atoms with Crippen LogP contribution in [-0.4, -0.2) is 47.2 Å². The van der Waals surface area contributed by atoms with Gasteiger partial charge in [-0.3, -0.25) is 9.80 Å². The lowest BCUT2D eigenvalue weighted by molar-refractivity contribution is 0.0522. The number of hydrogen-bond acceptors (Lipinski definition) is 3. The Hall–Kier alpha value is -1.55. The van der Waals surface area contributed by atoms with Gasteiger partial charge >= 0.3 is 6.09 Å². The van der Waals surface area contributed by atoms with Gasteiger partial charge in [-0.25, -0.2) is 4.79 Å². The summed E-state index contributed by atoms with van der Waals surface area (Å²) in [5.74, 6) is 0. The van der Waals surface area contributed by atoms with Crippen molar-refractivity contribution in [2.24, 2.45) is 0 Å². The van der Waals surface area contributed by atoms with E-state index in [1.165, 1.54) is 18.4 Å². The molecule has 4 nitrogen and oxygen atoms in total. The lowest BCUT2D eigenvalue weighted by Gasteiger charge is -2.42. The minimum atomic E-state index is -0.110. The number of piperazine rings is 1. The first-order valence-electron chi connectivity index (χ1n) is 7.06. The molecule has 2 bridgehead atoms. The van der Waals surface area contributed by atoms with Crippen LogP contribution in [0.15, 0.2) is 30.3 Å². The molecular weight excluding hydrogens is 240 g/mol. The molecule has 0 saturated carbocycles. The van der Waals surface area contributed by atoms with Crippen molar-refractivity contribution < 1.29 is 9.53 Å². The van der Waals surface area contributed by atoms with Crippen LogP contribution in [-0.2, 0) is 11.3 Å². The summed E-state index contributed by atoms with van der Waals surface area (Å²) in [6.07, 6.45) is 2.29. The first kappa shape index (κ1) is 11.3. The van der Waals surface area contributed by atoms with E-state index in [0.717, 1.165) is 13.1 Å². The number of cyclic esters (lactones) is 1. The standard InChI is InChI=1S/C15H18N2O2/c18-15-17-9-12-6-7-13(14(17)10-19-15)16(12)8-11-4-2-1-3-5-11/h1-5,12-14H,6-10H2/t12-,13?,14?/m0/s1. The molecule has 3 aliphatic heterocycles. The summed E-state index contributed by atoms with van der Waals surface area (Å²) < 4.78 is 5.21. The fourth-order valence-electron chi connectivity index (χ4n) is 3.84. The molecule has 2 unspecified atom stereocenters. The van der Waals surface area contributed by atoms with Crippen molar-refractivity contribution in [1.29, 1.82) is 0 Å². The van der Waals surface area contributed by atoms with E-state index in [9.17, 15) is 4.79 Å². The van der Waals surface area contributed by atoms with Gasteiger partial charge < -0.3 is 4.74 Å². The van der Waals surface area contributed by atoms with Crippen LogP contribution in [0.25, 0.3) is 0 Å². The van der Waals surface area contributed by atoms with Gasteiger partial charge in [-0.15, -0.1) is 0 Å². The maximum atomic E-state index is 11.7. The molecule has 19 heavy (non-hydrogen) atoms. The predicted molar refractivity (Wildman–Crippen MR) is 70.6 cm³/mol. The second-order valence-corrected chi connectivity index (χ2v) is 5.75. The SMILES string of the molecule is O=C1OCC2C3CC[C@@H](CN12)N3Cc1ccccc1. The molecule has 0 aromatic heterocycles. The van der Waals surface area contributed by atoms with E-state index in [2.05, 4.69) is 35.2 Å². The smallest absolute Gasteiger partial charge is 0.410 e. The molecule has 1 amide bonds. The maximum Gasteiger partial charge on any atom is 0.410 e. The van der Waals surface area contributed by atoms with Gasteiger partial charge in [-0.1, -0.05) is 30.3 Å². The Labute approximate surface area is 112 Å². The quantitative estimate of drug-likeness (QED) is 0.811. The van der Waals surface area contributed by atoms with E-state index in [-0.39, 0.29) is 12.1 Å². The van der Waals surface area contributed by atoms with Gasteiger partial charge in [0.15, 0.2) is 0 Å². The Kier molecular flexibility index (Phi) is 2.52. The zero-order valence-corrected chi connectivity index (χ0v) is 10.9. The molecule has 3 aliphatic rings. The molecule has 3 atom stereocenters. The molecular formula is C15H18N2O2. The normalized spacial score (nSPS) is 33.4. The lowest BCUT2D eigenvalue weighted by Crippen LogP contribution is -2.58. The molecule has 0 aliphatic carbocycles. The van der Waals surface area contributed by atoms with Crippen molar-refractivity contribution in [1.82, 2.24) is 9.80 Å². The average molecular weight is 258 g/mol. The van der Waals surface area contributed by atoms with E-state index in [1.54, 1.807) is 0 Å². The number of ether oxygens (including phenoxy) is 1. The summed E-state index contributed by atoms with van der Waals surface area (Å²) in [6.45, 7) is 2.41. The van der Waals surface area contributed by atoms with Crippen LogP contribution >= 0.6 is 0 Å².